The Morgan fingerprint density at radius 3 is 2.10 bits per heavy atom. The molecule has 0 aliphatic rings. The van der Waals surface area contributed by atoms with E-state index in [4.69, 9.17) is 14.7 Å². The van der Waals surface area contributed by atoms with Gasteiger partial charge in [-0.15, -0.1) is 0 Å². The van der Waals surface area contributed by atoms with Gasteiger partial charge in [0, 0.05) is 18.9 Å². The van der Waals surface area contributed by atoms with Crippen LogP contribution >= 0.6 is 15.6 Å². The van der Waals surface area contributed by atoms with E-state index in [0.29, 0.717) is 0 Å². The number of rotatable bonds is 8. The minimum absolute atomic E-state index is 0. The number of phosphoric ester groups is 1. The third-order valence-corrected chi connectivity index (χ3v) is 4.12. The predicted octanol–water partition coefficient (Wildman–Crippen LogP) is 2.52. The molecule has 0 rings (SSSR count). The van der Waals surface area contributed by atoms with Gasteiger partial charge < -0.3 is 14.7 Å². The summed E-state index contributed by atoms with van der Waals surface area (Å²) in [6.45, 7) is 5.55. The minimum atomic E-state index is -5.05. The molecule has 0 fully saturated rings. The molecule has 7 nitrogen and oxygen atoms in total. The van der Waals surface area contributed by atoms with Crippen LogP contribution in [0.25, 0.3) is 0 Å². The molecule has 0 aromatic rings. The van der Waals surface area contributed by atoms with Gasteiger partial charge in [-0.3, -0.25) is 4.52 Å². The van der Waals surface area contributed by atoms with Gasteiger partial charge in [-0.05, 0) is 33.6 Å². The van der Waals surface area contributed by atoms with Crippen molar-refractivity contribution in [2.45, 2.75) is 33.6 Å². The first-order valence-corrected chi connectivity index (χ1v) is 8.57. The molecule has 1 atom stereocenters. The van der Waals surface area contributed by atoms with Crippen LogP contribution in [-0.2, 0) is 18.0 Å². The van der Waals surface area contributed by atoms with Crippen LogP contribution in [0.2, 0.25) is 0 Å². The Labute approximate surface area is 131 Å². The van der Waals surface area contributed by atoms with Crippen LogP contribution in [0.5, 0.6) is 0 Å². The van der Waals surface area contributed by atoms with Gasteiger partial charge in [-0.25, -0.2) is 9.13 Å². The first kappa shape index (κ1) is 22.6. The van der Waals surface area contributed by atoms with Gasteiger partial charge >= 0.3 is 15.6 Å². The first-order valence-electron chi connectivity index (χ1n) is 5.55. The van der Waals surface area contributed by atoms with Crippen molar-refractivity contribution >= 4 is 34.5 Å². The minimum Gasteiger partial charge on any atom is -0.302 e. The van der Waals surface area contributed by atoms with E-state index in [1.165, 1.54) is 5.57 Å². The molecule has 10 heteroatoms. The molecule has 113 valence electrons. The van der Waals surface area contributed by atoms with Crippen molar-refractivity contribution in [2.75, 3.05) is 6.61 Å². The summed E-state index contributed by atoms with van der Waals surface area (Å²) < 4.78 is 29.5. The van der Waals surface area contributed by atoms with Gasteiger partial charge in [-0.2, -0.15) is 4.31 Å². The summed E-state index contributed by atoms with van der Waals surface area (Å²) in [6, 6.07) is 0. The average Bonchev–Trinajstić information content (AvgIpc) is 2.12. The van der Waals surface area contributed by atoms with E-state index in [-0.39, 0.29) is 25.5 Å². The molecule has 0 amide bonds. The number of phosphoric acid groups is 2. The Hall–Kier alpha value is 0.337. The number of hydrogen-bond donors (Lipinski definition) is 3. The summed E-state index contributed by atoms with van der Waals surface area (Å²) in [5.74, 6) is 0. The molecule has 0 aliphatic carbocycles. The molecule has 0 aromatic carbocycles. The molecule has 0 aliphatic heterocycles. The molecule has 3 N–H and O–H groups in total. The van der Waals surface area contributed by atoms with Crippen LogP contribution in [0.15, 0.2) is 23.3 Å². The maximum absolute atomic E-state index is 11.1. The Balaban J connectivity index is 0. The number of allylic oxidation sites excluding steroid dienone is 3. The van der Waals surface area contributed by atoms with Crippen LogP contribution in [0.1, 0.15) is 33.6 Å². The summed E-state index contributed by atoms with van der Waals surface area (Å²) in [4.78, 5) is 25.8. The van der Waals surface area contributed by atoms with Crippen molar-refractivity contribution in [3.05, 3.63) is 23.3 Å². The van der Waals surface area contributed by atoms with Gasteiger partial charge in [0.2, 0.25) is 0 Å². The summed E-state index contributed by atoms with van der Waals surface area (Å²) in [5, 5.41) is 0. The molecule has 1 unspecified atom stereocenters. The van der Waals surface area contributed by atoms with Crippen molar-refractivity contribution < 1.29 is 32.6 Å². The van der Waals surface area contributed by atoms with E-state index < -0.39 is 15.6 Å². The molecule has 1 radical (unpaired) electrons. The van der Waals surface area contributed by atoms with Gasteiger partial charge in [-0.1, -0.05) is 23.3 Å². The summed E-state index contributed by atoms with van der Waals surface area (Å²) in [7, 11) is -9.78. The smallest absolute Gasteiger partial charge is 0.302 e. The van der Waals surface area contributed by atoms with E-state index in [2.05, 4.69) is 14.9 Å². The maximum atomic E-state index is 11.1. The van der Waals surface area contributed by atoms with E-state index in [1.807, 2.05) is 20.8 Å². The third kappa shape index (κ3) is 14.7. The normalized spacial score (nSPS) is 15.2. The fraction of sp³-hybridized carbons (Fsp3) is 0.600. The van der Waals surface area contributed by atoms with Crippen molar-refractivity contribution in [2.24, 2.45) is 0 Å². The Bertz CT molecular complexity index is 437. The fourth-order valence-electron chi connectivity index (χ4n) is 1.12. The molecule has 20 heavy (non-hydrogen) atoms. The zero-order valence-corrected chi connectivity index (χ0v) is 13.9. The molecule has 0 spiro atoms. The van der Waals surface area contributed by atoms with Gasteiger partial charge in [0.1, 0.15) is 0 Å². The molecule has 0 saturated heterocycles. The van der Waals surface area contributed by atoms with Gasteiger partial charge in [0.05, 0.1) is 6.61 Å². The van der Waals surface area contributed by atoms with Crippen LogP contribution in [0, 0.1) is 0 Å². The molecule has 0 aromatic heterocycles. The number of hydrogen-bond acceptors (Lipinski definition) is 4. The first-order chi connectivity index (χ1) is 8.52. The summed E-state index contributed by atoms with van der Waals surface area (Å²) >= 11 is 0. The fourth-order valence-corrected chi connectivity index (χ4v) is 2.65. The molecule has 0 saturated carbocycles. The van der Waals surface area contributed by atoms with E-state index in [0.717, 1.165) is 18.4 Å². The predicted molar refractivity (Wildman–Crippen MR) is 77.1 cm³/mol. The zero-order valence-electron chi connectivity index (χ0n) is 12.1. The SMILES string of the molecule is CC(C)=CCC/C(C)=C/COP(=O)(O)OP(=O)(O)O.[Li]. The Morgan fingerprint density at radius 2 is 1.65 bits per heavy atom. The van der Waals surface area contributed by atoms with Crippen molar-refractivity contribution in [1.82, 2.24) is 0 Å². The van der Waals surface area contributed by atoms with Crippen LogP contribution in [-0.4, -0.2) is 40.1 Å². The zero-order chi connectivity index (χ0) is 15.1. The second-order valence-corrected chi connectivity index (χ2v) is 7.04. The van der Waals surface area contributed by atoms with Gasteiger partial charge in [0.25, 0.3) is 0 Å². The Morgan fingerprint density at radius 1 is 1.10 bits per heavy atom. The standard InChI is InChI=1S/C10H20O7P2.Li/c1-9(2)5-4-6-10(3)7-8-16-19(14,15)17-18(11,12)13;/h5,7H,4,6,8H2,1-3H3,(H,14,15)(H2,11,12,13);/b10-7+;. The summed E-state index contributed by atoms with van der Waals surface area (Å²) in [5.41, 5.74) is 2.15. The molecule has 0 heterocycles. The average molecular weight is 321 g/mol. The molecule has 0 bridgehead atoms. The van der Waals surface area contributed by atoms with Crippen molar-refractivity contribution in [3.63, 3.8) is 0 Å². The summed E-state index contributed by atoms with van der Waals surface area (Å²) in [6.07, 6.45) is 5.24. The van der Waals surface area contributed by atoms with Crippen LogP contribution < -0.4 is 0 Å². The second kappa shape index (κ2) is 10.1. The molecular weight excluding hydrogens is 301 g/mol. The van der Waals surface area contributed by atoms with Crippen molar-refractivity contribution in [3.8, 4) is 0 Å². The van der Waals surface area contributed by atoms with Crippen LogP contribution in [0.4, 0.5) is 0 Å². The topological polar surface area (TPSA) is 113 Å². The second-order valence-electron chi connectivity index (χ2n) is 4.21. The monoisotopic (exact) mass is 321 g/mol. The van der Waals surface area contributed by atoms with Crippen molar-refractivity contribution in [1.29, 1.82) is 0 Å². The quantitative estimate of drug-likeness (QED) is 0.357. The third-order valence-electron chi connectivity index (χ3n) is 1.97. The Kier molecular flexibility index (Phi) is 11.5. The maximum Gasteiger partial charge on any atom is 0.481 e. The van der Waals surface area contributed by atoms with Gasteiger partial charge in [0.15, 0.2) is 0 Å². The largest absolute Gasteiger partial charge is 0.481 e. The van der Waals surface area contributed by atoms with E-state index >= 15 is 0 Å². The van der Waals surface area contributed by atoms with E-state index in [1.54, 1.807) is 6.08 Å². The van der Waals surface area contributed by atoms with E-state index in [9.17, 15) is 9.13 Å². The molecular formula is C10H20LiO7P2. The van der Waals surface area contributed by atoms with Crippen LogP contribution in [0.3, 0.4) is 0 Å².